The summed E-state index contributed by atoms with van der Waals surface area (Å²) in [6, 6.07) is 12.4. The third kappa shape index (κ3) is 6.00. The van der Waals surface area contributed by atoms with Crippen molar-refractivity contribution >= 4 is 22.7 Å². The maximum Gasteiger partial charge on any atom is 0.417 e. The number of pyridine rings is 2. The first-order valence-corrected chi connectivity index (χ1v) is 10.2. The van der Waals surface area contributed by atoms with Crippen LogP contribution in [0.4, 0.5) is 13.2 Å². The molecule has 0 amide bonds. The molecule has 174 valence electrons. The lowest BCUT2D eigenvalue weighted by Gasteiger charge is -2.10. The average molecular weight is 465 g/mol. The lowest BCUT2D eigenvalue weighted by molar-refractivity contribution is -0.137. The summed E-state index contributed by atoms with van der Waals surface area (Å²) < 4.78 is 39.4. The Morgan fingerprint density at radius 2 is 1.88 bits per heavy atom. The van der Waals surface area contributed by atoms with Gasteiger partial charge in [-0.3, -0.25) is 19.8 Å². The van der Waals surface area contributed by atoms with Crippen LogP contribution in [0.25, 0.3) is 22.2 Å². The van der Waals surface area contributed by atoms with E-state index in [1.165, 1.54) is 40.3 Å². The van der Waals surface area contributed by atoms with Gasteiger partial charge in [0.2, 0.25) is 5.43 Å². The molecule has 0 aliphatic rings. The zero-order valence-electron chi connectivity index (χ0n) is 18.8. The van der Waals surface area contributed by atoms with Crippen molar-refractivity contribution in [2.75, 3.05) is 7.05 Å². The Bertz CT molecular complexity index is 1400. The number of nitrogens with zero attached hydrogens (tertiary/aromatic N) is 5. The molecule has 9 heteroatoms. The topological polar surface area (TPSA) is 73.0 Å². The lowest BCUT2D eigenvalue weighted by atomic mass is 10.1. The number of hydrogen-bond acceptors (Lipinski definition) is 5. The minimum atomic E-state index is -4.50. The van der Waals surface area contributed by atoms with Gasteiger partial charge in [0, 0.05) is 43.3 Å². The predicted molar refractivity (Wildman–Crippen MR) is 127 cm³/mol. The predicted octanol–water partition coefficient (Wildman–Crippen LogP) is 5.29. The van der Waals surface area contributed by atoms with Gasteiger partial charge in [-0.15, -0.1) is 0 Å². The molecule has 3 aromatic heterocycles. The molecule has 0 aliphatic carbocycles. The molecule has 4 aromatic rings. The van der Waals surface area contributed by atoms with Crippen molar-refractivity contribution in [3.63, 3.8) is 0 Å². The van der Waals surface area contributed by atoms with Gasteiger partial charge >= 0.3 is 6.18 Å². The zero-order valence-corrected chi connectivity index (χ0v) is 18.8. The molecule has 0 spiro atoms. The zero-order chi connectivity index (χ0) is 24.7. The summed E-state index contributed by atoms with van der Waals surface area (Å²) in [6.45, 7) is 3.77. The first-order valence-electron chi connectivity index (χ1n) is 10.2. The fourth-order valence-electron chi connectivity index (χ4n) is 3.04. The third-order valence-corrected chi connectivity index (χ3v) is 4.84. The van der Waals surface area contributed by atoms with E-state index in [0.717, 1.165) is 17.8 Å². The van der Waals surface area contributed by atoms with Crippen molar-refractivity contribution in [1.29, 1.82) is 0 Å². The summed E-state index contributed by atoms with van der Waals surface area (Å²) in [7, 11) is 1.58. The number of para-hydroxylation sites is 1. The number of benzene rings is 1. The highest BCUT2D eigenvalue weighted by Crippen LogP contribution is 2.29. The third-order valence-electron chi connectivity index (χ3n) is 4.84. The van der Waals surface area contributed by atoms with Gasteiger partial charge in [-0.2, -0.15) is 18.3 Å². The molecule has 0 unspecified atom stereocenters. The smallest absolute Gasteiger partial charge is 0.297 e. The molecule has 0 N–H and O–H groups in total. The van der Waals surface area contributed by atoms with E-state index in [2.05, 4.69) is 33.0 Å². The highest BCUT2D eigenvalue weighted by molar-refractivity contribution is 5.82. The molecule has 0 radical (unpaired) electrons. The Kier molecular flexibility index (Phi) is 7.68. The van der Waals surface area contributed by atoms with Gasteiger partial charge in [0.15, 0.2) is 0 Å². The van der Waals surface area contributed by atoms with Crippen molar-refractivity contribution in [2.45, 2.75) is 20.0 Å². The molecule has 4 rings (SSSR count). The van der Waals surface area contributed by atoms with E-state index in [0.29, 0.717) is 5.57 Å². The molecule has 6 nitrogen and oxygen atoms in total. The number of aromatic nitrogens is 4. The maximum atomic E-state index is 12.8. The fourth-order valence-corrected chi connectivity index (χ4v) is 3.04. The summed E-state index contributed by atoms with van der Waals surface area (Å²) in [5.74, 6) is 0. The number of aryl methyl sites for hydroxylation is 1. The summed E-state index contributed by atoms with van der Waals surface area (Å²) in [5, 5.41) is 5.33. The first-order chi connectivity index (χ1) is 16.2. The molecule has 1 aromatic carbocycles. The number of hydrogen-bond donors (Lipinski definition) is 0. The van der Waals surface area contributed by atoms with Gasteiger partial charge in [-0.25, -0.2) is 4.68 Å². The molecule has 0 fully saturated rings. The second-order valence-corrected chi connectivity index (χ2v) is 7.30. The standard InChI is InChI=1S/C15H13F3N4O.C10H9N/c1-10(3-5-19-2)14-13(23)4-6-22(21-14)12-7-11(8-20-9-12)15(16,17)18;1-8-6-7-11-10-5-3-2-4-9(8)10/h3-9H,1-2H3;2-7H,1H3/b10-3+,19-5?;. The van der Waals surface area contributed by atoms with Crippen LogP contribution in [0.1, 0.15) is 23.7 Å². The van der Waals surface area contributed by atoms with Gasteiger partial charge in [0.05, 0.1) is 23.0 Å². The van der Waals surface area contributed by atoms with E-state index in [1.807, 2.05) is 30.5 Å². The average Bonchev–Trinajstić information content (AvgIpc) is 2.83. The Hall–Kier alpha value is -4.14. The van der Waals surface area contributed by atoms with Gasteiger partial charge in [-0.05, 0) is 49.3 Å². The minimum Gasteiger partial charge on any atom is -0.297 e. The molecule has 3 heterocycles. The van der Waals surface area contributed by atoms with Crippen LogP contribution in [0.5, 0.6) is 0 Å². The van der Waals surface area contributed by atoms with Crippen LogP contribution in [-0.2, 0) is 6.18 Å². The number of alkyl halides is 3. The second kappa shape index (κ2) is 10.7. The number of halogens is 3. The Labute approximate surface area is 194 Å². The summed E-state index contributed by atoms with van der Waals surface area (Å²) in [5.41, 5.74) is 1.93. The largest absolute Gasteiger partial charge is 0.417 e. The van der Waals surface area contributed by atoms with Crippen LogP contribution in [-0.4, -0.2) is 33.0 Å². The van der Waals surface area contributed by atoms with E-state index in [1.54, 1.807) is 20.0 Å². The number of fused-ring (bicyclic) bond motifs is 1. The van der Waals surface area contributed by atoms with Crippen molar-refractivity contribution in [1.82, 2.24) is 19.7 Å². The van der Waals surface area contributed by atoms with Crippen molar-refractivity contribution in [3.8, 4) is 5.69 Å². The molecular weight excluding hydrogens is 443 g/mol. The molecule has 0 saturated heterocycles. The summed E-state index contributed by atoms with van der Waals surface area (Å²) in [6.07, 6.45) is 3.71. The fraction of sp³-hybridized carbons (Fsp3) is 0.160. The van der Waals surface area contributed by atoms with Gasteiger partial charge in [0.25, 0.3) is 0 Å². The minimum absolute atomic E-state index is 0.109. The normalized spacial score (nSPS) is 12.0. The van der Waals surface area contributed by atoms with E-state index < -0.39 is 11.7 Å². The van der Waals surface area contributed by atoms with Crippen LogP contribution in [0, 0.1) is 6.92 Å². The Morgan fingerprint density at radius 3 is 2.59 bits per heavy atom. The molecule has 0 aliphatic heterocycles. The lowest BCUT2D eigenvalue weighted by Crippen LogP contribution is -2.15. The Morgan fingerprint density at radius 1 is 1.12 bits per heavy atom. The van der Waals surface area contributed by atoms with E-state index in [9.17, 15) is 18.0 Å². The van der Waals surface area contributed by atoms with E-state index in [-0.39, 0.29) is 16.8 Å². The number of allylic oxidation sites excluding steroid dienone is 2. The molecular formula is C25H22F3N5O. The summed E-state index contributed by atoms with van der Waals surface area (Å²) in [4.78, 5) is 23.5. The van der Waals surface area contributed by atoms with Crippen molar-refractivity contribution in [3.05, 3.63) is 100 Å². The van der Waals surface area contributed by atoms with Crippen LogP contribution in [0.3, 0.4) is 0 Å². The highest BCUT2D eigenvalue weighted by atomic mass is 19.4. The van der Waals surface area contributed by atoms with Gasteiger partial charge in [0.1, 0.15) is 5.69 Å². The molecule has 0 saturated carbocycles. The molecule has 34 heavy (non-hydrogen) atoms. The highest BCUT2D eigenvalue weighted by Gasteiger charge is 2.31. The number of aliphatic imine (C=N–C) groups is 1. The SMILES string of the molecule is CN=C/C=C(\C)c1nn(-c2cncc(C(F)(F)F)c2)ccc1=O.Cc1ccnc2ccccc12. The summed E-state index contributed by atoms with van der Waals surface area (Å²) >= 11 is 0. The van der Waals surface area contributed by atoms with Gasteiger partial charge < -0.3 is 0 Å². The van der Waals surface area contributed by atoms with Crippen molar-refractivity contribution in [2.24, 2.45) is 4.99 Å². The van der Waals surface area contributed by atoms with Crippen LogP contribution < -0.4 is 5.43 Å². The number of rotatable bonds is 3. The quantitative estimate of drug-likeness (QED) is 0.385. The monoisotopic (exact) mass is 465 g/mol. The Balaban J connectivity index is 0.000000243. The van der Waals surface area contributed by atoms with E-state index in [4.69, 9.17) is 0 Å². The van der Waals surface area contributed by atoms with Crippen molar-refractivity contribution < 1.29 is 13.2 Å². The van der Waals surface area contributed by atoms with Gasteiger partial charge in [-0.1, -0.05) is 18.2 Å². The van der Waals surface area contributed by atoms with Crippen LogP contribution >= 0.6 is 0 Å². The maximum absolute atomic E-state index is 12.8. The van der Waals surface area contributed by atoms with E-state index >= 15 is 0 Å². The first kappa shape index (κ1) is 24.5. The van der Waals surface area contributed by atoms with Crippen LogP contribution in [0.15, 0.2) is 83.1 Å². The molecule has 0 bridgehead atoms. The molecule has 0 atom stereocenters. The van der Waals surface area contributed by atoms with Crippen LogP contribution in [0.2, 0.25) is 0 Å². The second-order valence-electron chi connectivity index (χ2n) is 7.30.